The average Bonchev–Trinajstić information content (AvgIpc) is 2.27. The Labute approximate surface area is 115 Å². The van der Waals surface area contributed by atoms with Crippen LogP contribution in [0, 0.1) is 13.8 Å². The number of benzene rings is 2. The first kappa shape index (κ1) is 13.5. The highest BCUT2D eigenvalue weighted by molar-refractivity contribution is 5.53. The molecule has 2 aromatic carbocycles. The fraction of sp³-hybridized carbons (Fsp3) is 0.294. The van der Waals surface area contributed by atoms with Crippen molar-refractivity contribution in [2.24, 2.45) is 0 Å². The standard InChI is InChI=1S/C17H22N2/c1-11-9-13(18)5-7-15(11)17(3,4)16-8-6-14(19)10-12(16)2/h5-10H,18-19H2,1-4H3. The van der Waals surface area contributed by atoms with Crippen molar-refractivity contribution >= 4 is 11.4 Å². The first-order chi connectivity index (χ1) is 8.82. The summed E-state index contributed by atoms with van der Waals surface area (Å²) in [5.74, 6) is 0. The van der Waals surface area contributed by atoms with E-state index in [0.717, 1.165) is 11.4 Å². The Morgan fingerprint density at radius 3 is 1.42 bits per heavy atom. The van der Waals surface area contributed by atoms with Crippen molar-refractivity contribution < 1.29 is 0 Å². The van der Waals surface area contributed by atoms with Gasteiger partial charge >= 0.3 is 0 Å². The Bertz CT molecular complexity index is 559. The smallest absolute Gasteiger partial charge is 0.0316 e. The van der Waals surface area contributed by atoms with Gasteiger partial charge in [0.15, 0.2) is 0 Å². The van der Waals surface area contributed by atoms with Crippen LogP contribution >= 0.6 is 0 Å². The van der Waals surface area contributed by atoms with Crippen LogP contribution < -0.4 is 11.5 Å². The molecule has 4 N–H and O–H groups in total. The summed E-state index contributed by atoms with van der Waals surface area (Å²) in [6, 6.07) is 12.3. The molecule has 2 rings (SSSR count). The summed E-state index contributed by atoms with van der Waals surface area (Å²) in [4.78, 5) is 0. The zero-order chi connectivity index (χ0) is 14.2. The largest absolute Gasteiger partial charge is 0.399 e. The minimum Gasteiger partial charge on any atom is -0.399 e. The van der Waals surface area contributed by atoms with Crippen LogP contribution in [0.2, 0.25) is 0 Å². The monoisotopic (exact) mass is 254 g/mol. The number of nitrogens with two attached hydrogens (primary N) is 2. The summed E-state index contributed by atoms with van der Waals surface area (Å²) < 4.78 is 0. The van der Waals surface area contributed by atoms with Gasteiger partial charge in [-0.25, -0.2) is 0 Å². The summed E-state index contributed by atoms with van der Waals surface area (Å²) in [5, 5.41) is 0. The molecule has 0 radical (unpaired) electrons. The van der Waals surface area contributed by atoms with Gasteiger partial charge in [0, 0.05) is 16.8 Å². The van der Waals surface area contributed by atoms with Gasteiger partial charge < -0.3 is 11.5 Å². The van der Waals surface area contributed by atoms with E-state index in [2.05, 4.69) is 39.8 Å². The summed E-state index contributed by atoms with van der Waals surface area (Å²) >= 11 is 0. The normalized spacial score (nSPS) is 11.6. The summed E-state index contributed by atoms with van der Waals surface area (Å²) in [7, 11) is 0. The molecule has 0 unspecified atom stereocenters. The second-order valence-electron chi connectivity index (χ2n) is 5.77. The number of hydrogen-bond donors (Lipinski definition) is 2. The maximum Gasteiger partial charge on any atom is 0.0316 e. The topological polar surface area (TPSA) is 52.0 Å². The highest BCUT2D eigenvalue weighted by Gasteiger charge is 2.26. The van der Waals surface area contributed by atoms with Gasteiger partial charge in [-0.3, -0.25) is 0 Å². The third-order valence-corrected chi connectivity index (χ3v) is 3.85. The van der Waals surface area contributed by atoms with Crippen LogP contribution in [0.3, 0.4) is 0 Å². The van der Waals surface area contributed by atoms with Gasteiger partial charge in [-0.1, -0.05) is 26.0 Å². The molecule has 0 bridgehead atoms. The molecule has 2 heteroatoms. The predicted octanol–water partition coefficient (Wildman–Crippen LogP) is 3.79. The van der Waals surface area contributed by atoms with E-state index in [-0.39, 0.29) is 5.41 Å². The summed E-state index contributed by atoms with van der Waals surface area (Å²) in [5.41, 5.74) is 18.3. The fourth-order valence-corrected chi connectivity index (χ4v) is 2.92. The maximum absolute atomic E-state index is 5.84. The third-order valence-electron chi connectivity index (χ3n) is 3.85. The molecule has 2 nitrogen and oxygen atoms in total. The number of nitrogen functional groups attached to an aromatic ring is 2. The quantitative estimate of drug-likeness (QED) is 0.801. The molecule has 0 aliphatic carbocycles. The Morgan fingerprint density at radius 2 is 1.11 bits per heavy atom. The van der Waals surface area contributed by atoms with Gasteiger partial charge in [0.25, 0.3) is 0 Å². The summed E-state index contributed by atoms with van der Waals surface area (Å²) in [6.45, 7) is 8.70. The average molecular weight is 254 g/mol. The number of aryl methyl sites for hydroxylation is 2. The molecule has 0 atom stereocenters. The van der Waals surface area contributed by atoms with Crippen molar-refractivity contribution in [2.75, 3.05) is 11.5 Å². The van der Waals surface area contributed by atoms with Crippen LogP contribution in [-0.4, -0.2) is 0 Å². The first-order valence-electron chi connectivity index (χ1n) is 6.55. The van der Waals surface area contributed by atoms with E-state index in [9.17, 15) is 0 Å². The van der Waals surface area contributed by atoms with E-state index >= 15 is 0 Å². The van der Waals surface area contributed by atoms with Crippen molar-refractivity contribution in [1.82, 2.24) is 0 Å². The van der Waals surface area contributed by atoms with E-state index in [4.69, 9.17) is 11.5 Å². The molecule has 0 aliphatic rings. The van der Waals surface area contributed by atoms with Crippen molar-refractivity contribution in [1.29, 1.82) is 0 Å². The SMILES string of the molecule is Cc1cc(N)ccc1C(C)(C)c1ccc(N)cc1C. The Kier molecular flexibility index (Phi) is 3.27. The zero-order valence-electron chi connectivity index (χ0n) is 12.1. The van der Waals surface area contributed by atoms with Crippen molar-refractivity contribution in [3.8, 4) is 0 Å². The van der Waals surface area contributed by atoms with E-state index in [1.165, 1.54) is 22.3 Å². The number of anilines is 2. The van der Waals surface area contributed by atoms with Gasteiger partial charge in [0.2, 0.25) is 0 Å². The highest BCUT2D eigenvalue weighted by atomic mass is 14.5. The lowest BCUT2D eigenvalue weighted by Gasteiger charge is -2.30. The number of rotatable bonds is 2. The molecule has 2 aromatic rings. The van der Waals surface area contributed by atoms with Crippen LogP contribution in [-0.2, 0) is 5.41 Å². The van der Waals surface area contributed by atoms with Crippen LogP contribution in [0.25, 0.3) is 0 Å². The van der Waals surface area contributed by atoms with Crippen LogP contribution in [0.15, 0.2) is 36.4 Å². The van der Waals surface area contributed by atoms with Gasteiger partial charge in [-0.05, 0) is 60.4 Å². The van der Waals surface area contributed by atoms with E-state index in [1.54, 1.807) is 0 Å². The first-order valence-corrected chi connectivity index (χ1v) is 6.55. The second-order valence-corrected chi connectivity index (χ2v) is 5.77. The molecule has 0 spiro atoms. The van der Waals surface area contributed by atoms with Crippen molar-refractivity contribution in [3.05, 3.63) is 58.7 Å². The molecule has 19 heavy (non-hydrogen) atoms. The van der Waals surface area contributed by atoms with Gasteiger partial charge in [-0.15, -0.1) is 0 Å². The molecular formula is C17H22N2. The minimum atomic E-state index is -0.0600. The molecule has 0 saturated heterocycles. The van der Waals surface area contributed by atoms with Crippen LogP contribution in [0.5, 0.6) is 0 Å². The molecule has 0 fully saturated rings. The highest BCUT2D eigenvalue weighted by Crippen LogP contribution is 2.36. The van der Waals surface area contributed by atoms with E-state index in [1.807, 2.05) is 24.3 Å². The third kappa shape index (κ3) is 2.43. The van der Waals surface area contributed by atoms with Gasteiger partial charge in [0.1, 0.15) is 0 Å². The molecule has 0 aliphatic heterocycles. The predicted molar refractivity (Wildman–Crippen MR) is 83.3 cm³/mol. The lowest BCUT2D eigenvalue weighted by molar-refractivity contribution is 0.631. The second kappa shape index (κ2) is 4.61. The van der Waals surface area contributed by atoms with Gasteiger partial charge in [-0.2, -0.15) is 0 Å². The maximum atomic E-state index is 5.84. The minimum absolute atomic E-state index is 0.0600. The Hall–Kier alpha value is -1.96. The Morgan fingerprint density at radius 1 is 0.737 bits per heavy atom. The molecule has 0 heterocycles. The van der Waals surface area contributed by atoms with Gasteiger partial charge in [0.05, 0.1) is 0 Å². The molecule has 100 valence electrons. The molecular weight excluding hydrogens is 232 g/mol. The molecule has 0 aromatic heterocycles. The van der Waals surface area contributed by atoms with Crippen molar-refractivity contribution in [3.63, 3.8) is 0 Å². The van der Waals surface area contributed by atoms with E-state index < -0.39 is 0 Å². The summed E-state index contributed by atoms with van der Waals surface area (Å²) in [6.07, 6.45) is 0. The number of hydrogen-bond acceptors (Lipinski definition) is 2. The molecule has 0 amide bonds. The van der Waals surface area contributed by atoms with E-state index in [0.29, 0.717) is 0 Å². The van der Waals surface area contributed by atoms with Crippen molar-refractivity contribution in [2.45, 2.75) is 33.1 Å². The fourth-order valence-electron chi connectivity index (χ4n) is 2.92. The molecule has 0 saturated carbocycles. The lowest BCUT2D eigenvalue weighted by atomic mass is 9.74. The van der Waals surface area contributed by atoms with Crippen LogP contribution in [0.1, 0.15) is 36.1 Å². The zero-order valence-corrected chi connectivity index (χ0v) is 12.1. The van der Waals surface area contributed by atoms with Crippen LogP contribution in [0.4, 0.5) is 11.4 Å². The Balaban J connectivity index is 2.58. The lowest BCUT2D eigenvalue weighted by Crippen LogP contribution is -2.21.